The summed E-state index contributed by atoms with van der Waals surface area (Å²) in [6.07, 6.45) is 2.02. The molecule has 4 heteroatoms. The minimum absolute atomic E-state index is 0.661. The lowest BCUT2D eigenvalue weighted by atomic mass is 10.2. The molecular weight excluding hydrogens is 302 g/mol. The molecule has 1 aromatic carbocycles. The fourth-order valence-electron chi connectivity index (χ4n) is 1.92. The molecule has 0 saturated carbocycles. The molecule has 19 heavy (non-hydrogen) atoms. The summed E-state index contributed by atoms with van der Waals surface area (Å²) in [6.45, 7) is 8.34. The van der Waals surface area contributed by atoms with E-state index in [-0.39, 0.29) is 0 Å². The van der Waals surface area contributed by atoms with E-state index in [4.69, 9.17) is 0 Å². The Morgan fingerprint density at radius 1 is 1.32 bits per heavy atom. The van der Waals surface area contributed by atoms with E-state index in [1.54, 1.807) is 0 Å². The van der Waals surface area contributed by atoms with Crippen LogP contribution in [0.5, 0.6) is 0 Å². The van der Waals surface area contributed by atoms with Crippen molar-refractivity contribution in [2.75, 3.05) is 6.54 Å². The second-order valence-corrected chi connectivity index (χ2v) is 6.01. The van der Waals surface area contributed by atoms with Crippen LogP contribution in [0.25, 0.3) is 5.69 Å². The van der Waals surface area contributed by atoms with Crippen molar-refractivity contribution in [1.82, 2.24) is 15.1 Å². The third-order valence-electron chi connectivity index (χ3n) is 2.99. The van der Waals surface area contributed by atoms with E-state index in [1.807, 2.05) is 23.0 Å². The molecule has 2 rings (SSSR count). The Morgan fingerprint density at radius 3 is 2.84 bits per heavy atom. The highest BCUT2D eigenvalue weighted by molar-refractivity contribution is 9.10. The summed E-state index contributed by atoms with van der Waals surface area (Å²) in [5.41, 5.74) is 3.39. The van der Waals surface area contributed by atoms with E-state index >= 15 is 0 Å². The zero-order valence-corrected chi connectivity index (χ0v) is 13.2. The van der Waals surface area contributed by atoms with Gasteiger partial charge in [-0.1, -0.05) is 35.8 Å². The van der Waals surface area contributed by atoms with Crippen molar-refractivity contribution in [3.05, 3.63) is 46.2 Å². The first-order valence-electron chi connectivity index (χ1n) is 6.58. The second-order valence-electron chi connectivity index (χ2n) is 5.16. The molecule has 0 unspecified atom stereocenters. The van der Waals surface area contributed by atoms with Crippen LogP contribution in [-0.4, -0.2) is 16.3 Å². The van der Waals surface area contributed by atoms with Crippen molar-refractivity contribution in [3.63, 3.8) is 0 Å². The molecule has 0 fully saturated rings. The summed E-state index contributed by atoms with van der Waals surface area (Å²) < 4.78 is 3.05. The summed E-state index contributed by atoms with van der Waals surface area (Å²) in [4.78, 5) is 0. The third-order valence-corrected chi connectivity index (χ3v) is 3.85. The average Bonchev–Trinajstić information content (AvgIpc) is 2.81. The molecule has 0 spiro atoms. The Morgan fingerprint density at radius 2 is 2.11 bits per heavy atom. The van der Waals surface area contributed by atoms with E-state index in [9.17, 15) is 0 Å². The first-order valence-corrected chi connectivity index (χ1v) is 7.38. The molecule has 102 valence electrons. The summed E-state index contributed by atoms with van der Waals surface area (Å²) >= 11 is 3.55. The van der Waals surface area contributed by atoms with E-state index in [2.05, 4.69) is 59.2 Å². The first kappa shape index (κ1) is 14.3. The van der Waals surface area contributed by atoms with Crippen LogP contribution in [0.2, 0.25) is 0 Å². The molecule has 1 aromatic heterocycles. The summed E-state index contributed by atoms with van der Waals surface area (Å²) in [7, 11) is 0. The average molecular weight is 322 g/mol. The molecule has 2 aromatic rings. The highest BCUT2D eigenvalue weighted by atomic mass is 79.9. The minimum Gasteiger partial charge on any atom is -0.311 e. The molecule has 0 atom stereocenters. The number of nitrogens with one attached hydrogen (secondary N) is 1. The number of halogens is 1. The number of nitrogens with zero attached hydrogens (tertiary/aromatic N) is 2. The van der Waals surface area contributed by atoms with Crippen LogP contribution in [-0.2, 0) is 6.54 Å². The molecule has 0 amide bonds. The van der Waals surface area contributed by atoms with E-state index < -0.39 is 0 Å². The van der Waals surface area contributed by atoms with Crippen molar-refractivity contribution in [1.29, 1.82) is 0 Å². The summed E-state index contributed by atoms with van der Waals surface area (Å²) in [5, 5.41) is 8.02. The van der Waals surface area contributed by atoms with Gasteiger partial charge in [-0.05, 0) is 43.1 Å². The van der Waals surface area contributed by atoms with Gasteiger partial charge in [-0.2, -0.15) is 5.10 Å². The maximum Gasteiger partial charge on any atom is 0.0766 e. The predicted molar refractivity (Wildman–Crippen MR) is 82.5 cm³/mol. The Kier molecular flexibility index (Phi) is 4.77. The Balaban J connectivity index is 2.10. The molecule has 0 aliphatic rings. The predicted octanol–water partition coefficient (Wildman–Crippen LogP) is 3.69. The Labute approximate surface area is 123 Å². The first-order chi connectivity index (χ1) is 9.08. The maximum atomic E-state index is 4.61. The van der Waals surface area contributed by atoms with E-state index in [1.165, 1.54) is 5.56 Å². The van der Waals surface area contributed by atoms with Crippen molar-refractivity contribution in [3.8, 4) is 5.69 Å². The zero-order valence-electron chi connectivity index (χ0n) is 11.7. The fourth-order valence-corrected chi connectivity index (χ4v) is 2.28. The number of rotatable bonds is 5. The van der Waals surface area contributed by atoms with Gasteiger partial charge in [-0.25, -0.2) is 4.68 Å². The number of benzene rings is 1. The van der Waals surface area contributed by atoms with Gasteiger partial charge in [0.05, 0.1) is 11.4 Å². The summed E-state index contributed by atoms with van der Waals surface area (Å²) in [6, 6.07) is 8.23. The lowest BCUT2D eigenvalue weighted by molar-refractivity contribution is 0.546. The number of aromatic nitrogens is 2. The minimum atomic E-state index is 0.661. The highest BCUT2D eigenvalue weighted by Crippen LogP contribution is 2.22. The van der Waals surface area contributed by atoms with Crippen LogP contribution in [0, 0.1) is 12.8 Å². The molecule has 0 aliphatic heterocycles. The van der Waals surface area contributed by atoms with Crippen LogP contribution >= 0.6 is 15.9 Å². The molecular formula is C15H20BrN3. The van der Waals surface area contributed by atoms with Crippen molar-refractivity contribution >= 4 is 15.9 Å². The zero-order chi connectivity index (χ0) is 13.8. The lowest BCUT2D eigenvalue weighted by Gasteiger charge is -2.08. The quantitative estimate of drug-likeness (QED) is 0.910. The third kappa shape index (κ3) is 3.67. The van der Waals surface area contributed by atoms with Crippen molar-refractivity contribution < 1.29 is 0 Å². The van der Waals surface area contributed by atoms with Gasteiger partial charge in [-0.3, -0.25) is 0 Å². The van der Waals surface area contributed by atoms with Gasteiger partial charge < -0.3 is 5.32 Å². The topological polar surface area (TPSA) is 29.9 Å². The number of hydrogen-bond donors (Lipinski definition) is 1. The maximum absolute atomic E-state index is 4.61. The van der Waals surface area contributed by atoms with E-state index in [0.717, 1.165) is 28.9 Å². The van der Waals surface area contributed by atoms with Crippen molar-refractivity contribution in [2.45, 2.75) is 27.3 Å². The lowest BCUT2D eigenvalue weighted by Crippen LogP contribution is -2.19. The highest BCUT2D eigenvalue weighted by Gasteiger charge is 2.06. The van der Waals surface area contributed by atoms with Crippen LogP contribution in [0.3, 0.4) is 0 Å². The van der Waals surface area contributed by atoms with E-state index in [0.29, 0.717) is 5.92 Å². The van der Waals surface area contributed by atoms with Gasteiger partial charge in [0.25, 0.3) is 0 Å². The van der Waals surface area contributed by atoms with Gasteiger partial charge in [-0.15, -0.1) is 0 Å². The van der Waals surface area contributed by atoms with Gasteiger partial charge in [0.1, 0.15) is 0 Å². The largest absolute Gasteiger partial charge is 0.311 e. The van der Waals surface area contributed by atoms with Gasteiger partial charge in [0, 0.05) is 17.2 Å². The second kappa shape index (κ2) is 6.35. The number of hydrogen-bond acceptors (Lipinski definition) is 2. The summed E-state index contributed by atoms with van der Waals surface area (Å²) in [5.74, 6) is 0.661. The normalized spacial score (nSPS) is 11.2. The molecule has 1 heterocycles. The van der Waals surface area contributed by atoms with Crippen LogP contribution < -0.4 is 5.32 Å². The molecule has 3 nitrogen and oxygen atoms in total. The van der Waals surface area contributed by atoms with Gasteiger partial charge >= 0.3 is 0 Å². The monoisotopic (exact) mass is 321 g/mol. The Bertz CT molecular complexity index is 546. The molecule has 0 radical (unpaired) electrons. The van der Waals surface area contributed by atoms with Crippen molar-refractivity contribution in [2.24, 2.45) is 5.92 Å². The van der Waals surface area contributed by atoms with Crippen LogP contribution in [0.4, 0.5) is 0 Å². The fraction of sp³-hybridized carbons (Fsp3) is 0.400. The molecule has 1 N–H and O–H groups in total. The Hall–Kier alpha value is -1.13. The molecule has 0 aliphatic carbocycles. The molecule has 0 saturated heterocycles. The molecule has 0 bridgehead atoms. The van der Waals surface area contributed by atoms with Gasteiger partial charge in [0.15, 0.2) is 0 Å². The van der Waals surface area contributed by atoms with Crippen LogP contribution in [0.1, 0.15) is 25.1 Å². The van der Waals surface area contributed by atoms with Gasteiger partial charge in [0.2, 0.25) is 0 Å². The van der Waals surface area contributed by atoms with Crippen LogP contribution in [0.15, 0.2) is 34.9 Å². The standard InChI is InChI=1S/C15H20BrN3/c1-11(2)9-17-10-13-7-8-19(18-13)15-6-4-5-14(16)12(15)3/h4-8,11,17H,9-10H2,1-3H3. The smallest absolute Gasteiger partial charge is 0.0766 e. The SMILES string of the molecule is Cc1c(Br)cccc1-n1ccc(CNCC(C)C)n1.